The smallest absolute Gasteiger partial charge is 0.161 e. The molecule has 0 saturated heterocycles. The summed E-state index contributed by atoms with van der Waals surface area (Å²) < 4.78 is 11.0. The highest BCUT2D eigenvalue weighted by Gasteiger charge is 2.19. The maximum Gasteiger partial charge on any atom is 0.161 e. The minimum Gasteiger partial charge on any atom is -0.493 e. The molecule has 0 atom stereocenters. The van der Waals surface area contributed by atoms with Gasteiger partial charge in [0, 0.05) is 0 Å². The van der Waals surface area contributed by atoms with E-state index in [2.05, 4.69) is 54.4 Å². The summed E-state index contributed by atoms with van der Waals surface area (Å²) in [6, 6.07) is 15.2. The lowest BCUT2D eigenvalue weighted by molar-refractivity contribution is 0.302. The monoisotopic (exact) mass is 431 g/mol. The summed E-state index contributed by atoms with van der Waals surface area (Å²) in [6.07, 6.45) is 9.96. The van der Waals surface area contributed by atoms with Crippen molar-refractivity contribution in [3.05, 3.63) is 59.2 Å². The first-order chi connectivity index (χ1) is 14.2. The second kappa shape index (κ2) is 12.9. The molecule has 0 unspecified atom stereocenters. The van der Waals surface area contributed by atoms with Crippen molar-refractivity contribution >= 4 is 12.4 Å². The highest BCUT2D eigenvalue weighted by Crippen LogP contribution is 2.35. The molecule has 3 rings (SSSR count). The molecule has 1 aliphatic rings. The van der Waals surface area contributed by atoms with Gasteiger partial charge in [0.2, 0.25) is 0 Å². The van der Waals surface area contributed by atoms with Crippen LogP contribution < -0.4 is 9.47 Å². The molecule has 0 saturated carbocycles. The molecule has 0 N–H and O–H groups in total. The number of ether oxygens (including phenoxy) is 2. The Bertz CT molecular complexity index is 715. The third-order valence-corrected chi connectivity index (χ3v) is 6.35. The minimum atomic E-state index is 0. The largest absolute Gasteiger partial charge is 0.493 e. The van der Waals surface area contributed by atoms with E-state index in [1.165, 1.54) is 68.3 Å². The molecule has 4 heteroatoms. The normalized spacial score (nSPS) is 14.0. The van der Waals surface area contributed by atoms with Crippen molar-refractivity contribution in [3.63, 3.8) is 0 Å². The fraction of sp³-hybridized carbons (Fsp3) is 0.538. The Labute approximate surface area is 189 Å². The van der Waals surface area contributed by atoms with E-state index in [1.807, 2.05) is 0 Å². The Morgan fingerprint density at radius 1 is 0.867 bits per heavy atom. The molecule has 30 heavy (non-hydrogen) atoms. The van der Waals surface area contributed by atoms with Crippen LogP contribution in [0.25, 0.3) is 0 Å². The molecule has 166 valence electrons. The molecule has 3 nitrogen and oxygen atoms in total. The van der Waals surface area contributed by atoms with Crippen molar-refractivity contribution in [2.24, 2.45) is 5.92 Å². The van der Waals surface area contributed by atoms with Gasteiger partial charge in [-0.15, -0.1) is 12.4 Å². The van der Waals surface area contributed by atoms with Gasteiger partial charge in [-0.2, -0.15) is 0 Å². The van der Waals surface area contributed by atoms with Crippen LogP contribution in [0.15, 0.2) is 42.5 Å². The molecule has 0 aliphatic heterocycles. The highest BCUT2D eigenvalue weighted by atomic mass is 35.5. The molecule has 2 aromatic rings. The van der Waals surface area contributed by atoms with Gasteiger partial charge < -0.3 is 14.4 Å². The van der Waals surface area contributed by atoms with Crippen LogP contribution >= 0.6 is 12.4 Å². The van der Waals surface area contributed by atoms with Crippen LogP contribution in [-0.4, -0.2) is 39.3 Å². The van der Waals surface area contributed by atoms with E-state index in [0.29, 0.717) is 0 Å². The first-order valence-corrected chi connectivity index (χ1v) is 11.2. The lowest BCUT2D eigenvalue weighted by atomic mass is 9.94. The van der Waals surface area contributed by atoms with Gasteiger partial charge >= 0.3 is 0 Å². The lowest BCUT2D eigenvalue weighted by Crippen LogP contribution is -2.22. The maximum atomic E-state index is 5.49. The molecular formula is C26H38ClNO2. The number of hydrogen-bond acceptors (Lipinski definition) is 3. The third-order valence-electron chi connectivity index (χ3n) is 6.35. The number of methoxy groups -OCH3 is 2. The second-order valence-corrected chi connectivity index (χ2v) is 8.45. The zero-order chi connectivity index (χ0) is 20.5. The Morgan fingerprint density at radius 2 is 1.43 bits per heavy atom. The van der Waals surface area contributed by atoms with E-state index >= 15 is 0 Å². The van der Waals surface area contributed by atoms with E-state index in [-0.39, 0.29) is 12.4 Å². The average molecular weight is 432 g/mol. The molecule has 0 spiro atoms. The van der Waals surface area contributed by atoms with Crippen molar-refractivity contribution in [3.8, 4) is 11.5 Å². The van der Waals surface area contributed by atoms with Gasteiger partial charge in [0.05, 0.1) is 14.2 Å². The summed E-state index contributed by atoms with van der Waals surface area (Å²) in [5.74, 6) is 2.56. The van der Waals surface area contributed by atoms with Crippen LogP contribution in [0.5, 0.6) is 11.5 Å². The number of fused-ring (bicyclic) bond motifs is 1. The number of halogens is 1. The van der Waals surface area contributed by atoms with E-state index in [9.17, 15) is 0 Å². The Balaban J connectivity index is 0.00000320. The minimum absolute atomic E-state index is 0. The number of nitrogens with zero attached hydrogens (tertiary/aromatic N) is 1. The molecule has 0 radical (unpaired) electrons. The van der Waals surface area contributed by atoms with Gasteiger partial charge in [-0.25, -0.2) is 0 Å². The Hall–Kier alpha value is -1.71. The average Bonchev–Trinajstić information content (AvgIpc) is 2.95. The van der Waals surface area contributed by atoms with Crippen LogP contribution in [0.1, 0.15) is 48.8 Å². The highest BCUT2D eigenvalue weighted by molar-refractivity contribution is 5.85. The molecule has 2 aromatic carbocycles. The summed E-state index contributed by atoms with van der Waals surface area (Å²) in [5.41, 5.74) is 4.35. The van der Waals surface area contributed by atoms with Crippen molar-refractivity contribution in [2.75, 3.05) is 34.4 Å². The van der Waals surface area contributed by atoms with Crippen molar-refractivity contribution in [2.45, 2.75) is 51.4 Å². The summed E-state index contributed by atoms with van der Waals surface area (Å²) in [4.78, 5) is 2.50. The molecule has 0 bridgehead atoms. The number of rotatable bonds is 10. The van der Waals surface area contributed by atoms with Crippen molar-refractivity contribution in [1.82, 2.24) is 4.90 Å². The van der Waals surface area contributed by atoms with Crippen LogP contribution in [0.2, 0.25) is 0 Å². The predicted molar refractivity (Wildman–Crippen MR) is 128 cm³/mol. The fourth-order valence-electron chi connectivity index (χ4n) is 4.54. The molecule has 0 heterocycles. The van der Waals surface area contributed by atoms with Crippen LogP contribution in [0.3, 0.4) is 0 Å². The summed E-state index contributed by atoms with van der Waals surface area (Å²) >= 11 is 0. The zero-order valence-electron chi connectivity index (χ0n) is 18.9. The van der Waals surface area contributed by atoms with Crippen molar-refractivity contribution in [1.29, 1.82) is 0 Å². The Kier molecular flexibility index (Phi) is 10.5. The second-order valence-electron chi connectivity index (χ2n) is 8.45. The topological polar surface area (TPSA) is 21.7 Å². The molecule has 0 aromatic heterocycles. The van der Waals surface area contributed by atoms with Crippen LogP contribution in [0, 0.1) is 5.92 Å². The summed E-state index contributed by atoms with van der Waals surface area (Å²) in [6.45, 7) is 2.39. The van der Waals surface area contributed by atoms with Gasteiger partial charge in [0.25, 0.3) is 0 Å². The van der Waals surface area contributed by atoms with Gasteiger partial charge in [-0.05, 0) is 106 Å². The first-order valence-electron chi connectivity index (χ1n) is 11.2. The lowest BCUT2D eigenvalue weighted by Gasteiger charge is -2.19. The molecule has 0 fully saturated rings. The van der Waals surface area contributed by atoms with E-state index in [0.717, 1.165) is 30.3 Å². The predicted octanol–water partition coefficient (Wildman–Crippen LogP) is 5.97. The number of aryl methyl sites for hydroxylation is 3. The fourth-order valence-corrected chi connectivity index (χ4v) is 4.54. The summed E-state index contributed by atoms with van der Waals surface area (Å²) in [5, 5.41) is 0. The third kappa shape index (κ3) is 7.21. The van der Waals surface area contributed by atoms with Gasteiger partial charge in [0.1, 0.15) is 0 Å². The standard InChI is InChI=1S/C26H37NO2.ClH/c1-27(17-7-11-21-9-5-4-6-10-21)18-8-12-22-13-15-23-19-25(28-2)26(29-3)20-24(23)16-14-22;/h4-6,9-10,19-20,22H,7-8,11-18H2,1-3H3;1H. The molecule has 0 amide bonds. The Morgan fingerprint density at radius 3 is 2.00 bits per heavy atom. The quantitative estimate of drug-likeness (QED) is 0.433. The van der Waals surface area contributed by atoms with E-state index in [4.69, 9.17) is 9.47 Å². The zero-order valence-corrected chi connectivity index (χ0v) is 19.7. The number of hydrogen-bond donors (Lipinski definition) is 0. The van der Waals surface area contributed by atoms with E-state index in [1.54, 1.807) is 14.2 Å². The van der Waals surface area contributed by atoms with Crippen LogP contribution in [-0.2, 0) is 19.3 Å². The SMILES string of the molecule is COc1cc2c(cc1OC)CCC(CCCN(C)CCCc1ccccc1)CC2.Cl. The van der Waals surface area contributed by atoms with Gasteiger partial charge in [-0.1, -0.05) is 30.3 Å². The van der Waals surface area contributed by atoms with Gasteiger partial charge in [-0.3, -0.25) is 0 Å². The van der Waals surface area contributed by atoms with Gasteiger partial charge in [0.15, 0.2) is 11.5 Å². The van der Waals surface area contributed by atoms with E-state index < -0.39 is 0 Å². The molecule has 1 aliphatic carbocycles. The maximum absolute atomic E-state index is 5.49. The first kappa shape index (κ1) is 24.6. The molecular weight excluding hydrogens is 394 g/mol. The van der Waals surface area contributed by atoms with Crippen molar-refractivity contribution < 1.29 is 9.47 Å². The number of benzene rings is 2. The summed E-state index contributed by atoms with van der Waals surface area (Å²) in [7, 11) is 5.71. The van der Waals surface area contributed by atoms with Crippen LogP contribution in [0.4, 0.5) is 0 Å².